The van der Waals surface area contributed by atoms with Crippen molar-refractivity contribution in [2.75, 3.05) is 13.6 Å². The number of H-pyrrole nitrogens is 1. The van der Waals surface area contributed by atoms with Crippen LogP contribution in [0.1, 0.15) is 31.4 Å². The summed E-state index contributed by atoms with van der Waals surface area (Å²) in [7, 11) is 1.81. The van der Waals surface area contributed by atoms with E-state index in [9.17, 15) is 14.4 Å². The van der Waals surface area contributed by atoms with Gasteiger partial charge in [0.2, 0.25) is 5.91 Å². The van der Waals surface area contributed by atoms with Crippen molar-refractivity contribution in [3.8, 4) is 0 Å². The summed E-state index contributed by atoms with van der Waals surface area (Å²) in [6, 6.07) is 12.8. The quantitative estimate of drug-likeness (QED) is 0.564. The summed E-state index contributed by atoms with van der Waals surface area (Å²) >= 11 is 0. The molecule has 3 rings (SSSR count). The molecule has 0 aliphatic carbocycles. The molecule has 7 nitrogen and oxygen atoms in total. The van der Waals surface area contributed by atoms with Gasteiger partial charge in [-0.25, -0.2) is 4.79 Å². The maximum absolute atomic E-state index is 12.5. The first kappa shape index (κ1) is 20.5. The monoisotopic (exact) mass is 394 g/mol. The molecular formula is C22H26N4O3. The SMILES string of the molecule is CN(CCc1ccccn1)C(=O)CCCCCn1c(=O)[nH]c2ccccc2c1=O. The third kappa shape index (κ3) is 5.40. The van der Waals surface area contributed by atoms with Gasteiger partial charge < -0.3 is 9.88 Å². The van der Waals surface area contributed by atoms with Gasteiger partial charge in [0.15, 0.2) is 0 Å². The lowest BCUT2D eigenvalue weighted by Gasteiger charge is -2.16. The molecule has 1 N–H and O–H groups in total. The second kappa shape index (κ2) is 9.82. The molecule has 2 heterocycles. The van der Waals surface area contributed by atoms with Crippen LogP contribution in [0.25, 0.3) is 10.9 Å². The van der Waals surface area contributed by atoms with Crippen molar-refractivity contribution in [1.82, 2.24) is 19.4 Å². The number of nitrogens with zero attached hydrogens (tertiary/aromatic N) is 3. The highest BCUT2D eigenvalue weighted by Gasteiger charge is 2.10. The standard InChI is InChI=1S/C22H26N4O3/c1-25(16-13-17-9-6-7-14-23-17)20(27)12-3-2-8-15-26-21(28)18-10-4-5-11-19(18)24-22(26)29/h4-7,9-11,14H,2-3,8,12-13,15-16H2,1H3,(H,24,29). The summed E-state index contributed by atoms with van der Waals surface area (Å²) in [5, 5.41) is 0.511. The molecule has 29 heavy (non-hydrogen) atoms. The van der Waals surface area contributed by atoms with Crippen LogP contribution in [0.5, 0.6) is 0 Å². The molecule has 2 aromatic heterocycles. The highest BCUT2D eigenvalue weighted by Crippen LogP contribution is 2.06. The number of likely N-dealkylation sites (N-methyl/N-ethyl adjacent to an activating group) is 1. The molecule has 0 radical (unpaired) electrons. The number of aromatic amines is 1. The first-order valence-electron chi connectivity index (χ1n) is 9.92. The van der Waals surface area contributed by atoms with Gasteiger partial charge in [-0.05, 0) is 37.1 Å². The predicted octanol–water partition coefficient (Wildman–Crippen LogP) is 2.35. The van der Waals surface area contributed by atoms with Crippen molar-refractivity contribution in [2.45, 2.75) is 38.6 Å². The van der Waals surface area contributed by atoms with Crippen LogP contribution in [0.15, 0.2) is 58.3 Å². The van der Waals surface area contributed by atoms with E-state index in [-0.39, 0.29) is 17.2 Å². The number of pyridine rings is 1. The van der Waals surface area contributed by atoms with Gasteiger partial charge in [0.05, 0.1) is 10.9 Å². The summed E-state index contributed by atoms with van der Waals surface area (Å²) in [6.45, 7) is 0.987. The Hall–Kier alpha value is -3.22. The van der Waals surface area contributed by atoms with Gasteiger partial charge in [-0.1, -0.05) is 24.6 Å². The minimum atomic E-state index is -0.390. The lowest BCUT2D eigenvalue weighted by molar-refractivity contribution is -0.130. The van der Waals surface area contributed by atoms with Crippen molar-refractivity contribution in [1.29, 1.82) is 0 Å². The van der Waals surface area contributed by atoms with Crippen LogP contribution in [-0.4, -0.2) is 38.9 Å². The number of aromatic nitrogens is 3. The minimum absolute atomic E-state index is 0.0988. The molecule has 1 amide bonds. The fourth-order valence-corrected chi connectivity index (χ4v) is 3.27. The number of amides is 1. The fourth-order valence-electron chi connectivity index (χ4n) is 3.27. The van der Waals surface area contributed by atoms with Crippen molar-refractivity contribution in [2.24, 2.45) is 0 Å². The maximum atomic E-state index is 12.5. The van der Waals surface area contributed by atoms with Gasteiger partial charge in [0.25, 0.3) is 5.56 Å². The van der Waals surface area contributed by atoms with Gasteiger partial charge in [-0.3, -0.25) is 19.1 Å². The average molecular weight is 394 g/mol. The summed E-state index contributed by atoms with van der Waals surface area (Å²) in [4.78, 5) is 45.6. The maximum Gasteiger partial charge on any atom is 0.328 e. The normalized spacial score (nSPS) is 10.9. The van der Waals surface area contributed by atoms with Gasteiger partial charge in [-0.2, -0.15) is 0 Å². The van der Waals surface area contributed by atoms with E-state index < -0.39 is 0 Å². The minimum Gasteiger partial charge on any atom is -0.345 e. The second-order valence-corrected chi connectivity index (χ2v) is 7.13. The van der Waals surface area contributed by atoms with Crippen molar-refractivity contribution >= 4 is 16.8 Å². The number of para-hydroxylation sites is 1. The number of unbranched alkanes of at least 4 members (excludes halogenated alkanes) is 2. The first-order valence-corrected chi connectivity index (χ1v) is 9.92. The molecule has 3 aromatic rings. The third-order valence-electron chi connectivity index (χ3n) is 5.02. The van der Waals surface area contributed by atoms with E-state index in [2.05, 4.69) is 9.97 Å². The molecule has 0 spiro atoms. The number of benzene rings is 1. The van der Waals surface area contributed by atoms with E-state index in [1.807, 2.05) is 18.2 Å². The fraction of sp³-hybridized carbons (Fsp3) is 0.364. The Bertz CT molecular complexity index is 1070. The highest BCUT2D eigenvalue weighted by molar-refractivity contribution is 5.77. The first-order chi connectivity index (χ1) is 14.1. The smallest absolute Gasteiger partial charge is 0.328 e. The predicted molar refractivity (Wildman–Crippen MR) is 113 cm³/mol. The lowest BCUT2D eigenvalue weighted by Crippen LogP contribution is -2.35. The zero-order valence-electron chi connectivity index (χ0n) is 16.6. The molecule has 0 aliphatic heterocycles. The highest BCUT2D eigenvalue weighted by atomic mass is 16.2. The summed E-state index contributed by atoms with van der Waals surface area (Å²) in [5.74, 6) is 0.0988. The number of hydrogen-bond donors (Lipinski definition) is 1. The van der Waals surface area contributed by atoms with E-state index in [4.69, 9.17) is 0 Å². The number of fused-ring (bicyclic) bond motifs is 1. The number of carbonyl (C=O) groups is 1. The zero-order valence-corrected chi connectivity index (χ0v) is 16.6. The Morgan fingerprint density at radius 2 is 1.86 bits per heavy atom. The van der Waals surface area contributed by atoms with Gasteiger partial charge in [-0.15, -0.1) is 0 Å². The Labute approximate surface area is 169 Å². The van der Waals surface area contributed by atoms with Crippen LogP contribution in [0, 0.1) is 0 Å². The second-order valence-electron chi connectivity index (χ2n) is 7.13. The van der Waals surface area contributed by atoms with Crippen LogP contribution in [-0.2, 0) is 17.8 Å². The molecule has 0 unspecified atom stereocenters. The molecule has 0 atom stereocenters. The number of nitrogens with one attached hydrogen (secondary N) is 1. The van der Waals surface area contributed by atoms with Gasteiger partial charge >= 0.3 is 5.69 Å². The third-order valence-corrected chi connectivity index (χ3v) is 5.02. The number of hydrogen-bond acceptors (Lipinski definition) is 4. The zero-order chi connectivity index (χ0) is 20.6. The molecule has 152 valence electrons. The Kier molecular flexibility index (Phi) is 6.94. The van der Waals surface area contributed by atoms with Crippen molar-refractivity contribution in [3.63, 3.8) is 0 Å². The lowest BCUT2D eigenvalue weighted by atomic mass is 10.1. The molecule has 0 saturated heterocycles. The number of rotatable bonds is 9. The van der Waals surface area contributed by atoms with E-state index >= 15 is 0 Å². The van der Waals surface area contributed by atoms with E-state index in [0.717, 1.165) is 25.0 Å². The molecule has 1 aromatic carbocycles. The van der Waals surface area contributed by atoms with Crippen LogP contribution in [0.4, 0.5) is 0 Å². The summed E-state index contributed by atoms with van der Waals surface area (Å²) in [5.41, 5.74) is 0.866. The molecule has 7 heteroatoms. The summed E-state index contributed by atoms with van der Waals surface area (Å²) < 4.78 is 1.24. The number of carbonyl (C=O) groups excluding carboxylic acids is 1. The molecule has 0 bridgehead atoms. The van der Waals surface area contributed by atoms with E-state index in [0.29, 0.717) is 36.8 Å². The molecule has 0 aliphatic rings. The molecular weight excluding hydrogens is 368 g/mol. The Morgan fingerprint density at radius 3 is 2.66 bits per heavy atom. The Balaban J connectivity index is 1.43. The average Bonchev–Trinajstić information content (AvgIpc) is 2.74. The van der Waals surface area contributed by atoms with Crippen LogP contribution in [0.2, 0.25) is 0 Å². The van der Waals surface area contributed by atoms with Crippen LogP contribution < -0.4 is 11.2 Å². The summed E-state index contributed by atoms with van der Waals surface area (Å²) in [6.07, 6.45) is 5.12. The molecule has 0 saturated carbocycles. The topological polar surface area (TPSA) is 88.1 Å². The van der Waals surface area contributed by atoms with Gasteiger partial charge in [0.1, 0.15) is 0 Å². The Morgan fingerprint density at radius 1 is 1.07 bits per heavy atom. The van der Waals surface area contributed by atoms with Crippen LogP contribution in [0.3, 0.4) is 0 Å². The van der Waals surface area contributed by atoms with Crippen molar-refractivity contribution < 1.29 is 4.79 Å². The van der Waals surface area contributed by atoms with E-state index in [1.54, 1.807) is 42.4 Å². The molecule has 0 fully saturated rings. The van der Waals surface area contributed by atoms with Crippen molar-refractivity contribution in [3.05, 3.63) is 75.2 Å². The van der Waals surface area contributed by atoms with Gasteiger partial charge in [0, 0.05) is 44.9 Å². The van der Waals surface area contributed by atoms with Crippen LogP contribution >= 0.6 is 0 Å². The van der Waals surface area contributed by atoms with E-state index in [1.165, 1.54) is 4.57 Å². The largest absolute Gasteiger partial charge is 0.345 e.